The molecule has 0 saturated carbocycles. The lowest BCUT2D eigenvalue weighted by Crippen LogP contribution is -2.48. The molecule has 0 spiro atoms. The van der Waals surface area contributed by atoms with Crippen LogP contribution in [-0.4, -0.2) is 49.4 Å². The summed E-state index contributed by atoms with van der Waals surface area (Å²) in [5.41, 5.74) is -0.0381. The Balaban J connectivity index is 1.45. The van der Waals surface area contributed by atoms with Crippen molar-refractivity contribution in [2.45, 2.75) is 84.2 Å². The van der Waals surface area contributed by atoms with Crippen molar-refractivity contribution >= 4 is 29.2 Å². The van der Waals surface area contributed by atoms with E-state index in [2.05, 4.69) is 95.8 Å². The molecule has 0 radical (unpaired) electrons. The summed E-state index contributed by atoms with van der Waals surface area (Å²) in [7, 11) is 0. The number of nitrogens with one attached hydrogen (secondary N) is 3. The zero-order chi connectivity index (χ0) is 37.7. The summed E-state index contributed by atoms with van der Waals surface area (Å²) in [5.74, 6) is 0.184. The van der Waals surface area contributed by atoms with E-state index in [-0.39, 0.29) is 17.6 Å². The Morgan fingerprint density at radius 2 is 1.13 bits per heavy atom. The minimum absolute atomic E-state index is 0.0526. The van der Waals surface area contributed by atoms with Crippen molar-refractivity contribution in [1.82, 2.24) is 16.0 Å². The number of halogens is 1. The Morgan fingerprint density at radius 1 is 0.635 bits per heavy atom. The predicted octanol–water partition coefficient (Wildman–Crippen LogP) is 9.42. The third-order valence-electron chi connectivity index (χ3n) is 7.72. The van der Waals surface area contributed by atoms with Crippen LogP contribution < -0.4 is 20.7 Å². The summed E-state index contributed by atoms with van der Waals surface area (Å²) in [4.78, 5) is 37.5. The highest BCUT2D eigenvalue weighted by molar-refractivity contribution is 6.30. The number of hydrogen-bond acceptors (Lipinski definition) is 5. The number of carbonyl (C=O) groups excluding carboxylic acids is 3. The molecule has 0 heterocycles. The molecule has 0 saturated heterocycles. The molecule has 2 aromatic rings. The van der Waals surface area contributed by atoms with Crippen LogP contribution in [0.15, 0.2) is 121 Å². The van der Waals surface area contributed by atoms with Crippen LogP contribution in [0.4, 0.5) is 0 Å². The molecule has 0 aliphatic carbocycles. The lowest BCUT2D eigenvalue weighted by atomic mass is 10.0. The van der Waals surface area contributed by atoms with Gasteiger partial charge in [0.1, 0.15) is 5.75 Å². The Morgan fingerprint density at radius 3 is 1.67 bits per heavy atom. The van der Waals surface area contributed by atoms with Gasteiger partial charge in [-0.15, -0.1) is 0 Å². The van der Waals surface area contributed by atoms with Gasteiger partial charge in [0.25, 0.3) is 5.91 Å². The molecule has 3 N–H and O–H groups in total. The normalized spacial score (nSPS) is 12.3. The van der Waals surface area contributed by atoms with E-state index in [1.807, 2.05) is 0 Å². The van der Waals surface area contributed by atoms with Gasteiger partial charge in [-0.2, -0.15) is 0 Å². The van der Waals surface area contributed by atoms with Gasteiger partial charge in [0, 0.05) is 42.2 Å². The van der Waals surface area contributed by atoms with Gasteiger partial charge < -0.3 is 20.7 Å². The molecule has 52 heavy (non-hydrogen) atoms. The number of allylic oxidation sites excluding steroid dienone is 12. The first kappa shape index (κ1) is 43.7. The highest BCUT2D eigenvalue weighted by Gasteiger charge is 2.29. The van der Waals surface area contributed by atoms with Crippen LogP contribution >= 0.6 is 11.6 Å². The third-order valence-corrected chi connectivity index (χ3v) is 7.97. The highest BCUT2D eigenvalue weighted by atomic mass is 35.5. The Kier molecular flexibility index (Phi) is 22.9. The zero-order valence-corrected chi connectivity index (χ0v) is 32.0. The number of benzene rings is 2. The van der Waals surface area contributed by atoms with E-state index in [4.69, 9.17) is 16.3 Å². The van der Waals surface area contributed by atoms with Crippen LogP contribution in [-0.2, 0) is 9.59 Å². The Bertz CT molecular complexity index is 1500. The van der Waals surface area contributed by atoms with Crippen LogP contribution in [0.5, 0.6) is 5.75 Å². The zero-order valence-electron chi connectivity index (χ0n) is 31.3. The average molecular weight is 728 g/mol. The monoisotopic (exact) mass is 727 g/mol. The fourth-order valence-electron chi connectivity index (χ4n) is 4.77. The quantitative estimate of drug-likeness (QED) is 0.0510. The van der Waals surface area contributed by atoms with Crippen molar-refractivity contribution in [2.75, 3.05) is 26.2 Å². The van der Waals surface area contributed by atoms with Crippen LogP contribution in [0, 0.1) is 0 Å². The molecule has 2 amide bonds. The number of ether oxygens (including phenoxy) is 1. The maximum absolute atomic E-state index is 12.7. The Hall–Kier alpha value is -4.46. The number of carbonyl (C=O) groups is 3. The average Bonchev–Trinajstić information content (AvgIpc) is 3.13. The predicted molar refractivity (Wildman–Crippen MR) is 217 cm³/mol. The van der Waals surface area contributed by atoms with E-state index in [0.717, 1.165) is 57.9 Å². The topological polar surface area (TPSA) is 96.5 Å². The summed E-state index contributed by atoms with van der Waals surface area (Å²) in [6.45, 7) is 7.92. The molecule has 280 valence electrons. The van der Waals surface area contributed by atoms with Crippen LogP contribution in [0.1, 0.15) is 94.5 Å². The molecular weight excluding hydrogens is 670 g/mol. The van der Waals surface area contributed by atoms with Crippen molar-refractivity contribution in [2.24, 2.45) is 0 Å². The van der Waals surface area contributed by atoms with Gasteiger partial charge in [-0.1, -0.05) is 91.4 Å². The van der Waals surface area contributed by atoms with Gasteiger partial charge in [-0.25, -0.2) is 0 Å². The molecule has 2 aromatic carbocycles. The summed E-state index contributed by atoms with van der Waals surface area (Å²) < 4.78 is 5.93. The first-order valence-corrected chi connectivity index (χ1v) is 18.9. The largest absolute Gasteiger partial charge is 0.478 e. The molecular formula is C44H58ClN3O4. The molecule has 2 rings (SSSR count). The fourth-order valence-corrected chi connectivity index (χ4v) is 4.90. The van der Waals surface area contributed by atoms with Crippen molar-refractivity contribution in [3.8, 4) is 5.75 Å². The molecule has 7 nitrogen and oxygen atoms in total. The van der Waals surface area contributed by atoms with Gasteiger partial charge in [0.15, 0.2) is 11.4 Å². The minimum Gasteiger partial charge on any atom is -0.478 e. The first-order valence-electron chi connectivity index (χ1n) is 18.5. The van der Waals surface area contributed by atoms with E-state index < -0.39 is 5.60 Å². The number of rotatable bonds is 26. The van der Waals surface area contributed by atoms with E-state index >= 15 is 0 Å². The lowest BCUT2D eigenvalue weighted by molar-refractivity contribution is -0.134. The molecule has 0 unspecified atom stereocenters. The van der Waals surface area contributed by atoms with Crippen LogP contribution in [0.2, 0.25) is 5.02 Å². The Labute approximate surface area is 317 Å². The standard InChI is InChI=1S/C44H58ClN3O4/c1-4-5-6-7-8-9-10-11-12-13-14-15-16-17-18-19-20-21-22-24-41(49)47-34-23-33-46-35-36-48-43(51)44(2,3)52-40-31-27-38(28-32-40)42(50)37-25-29-39(45)30-26-37/h5-6,8-9,11-12,14-15,17-18,20-21,25-32,46H,4,7,10,13,16,19,22-24,33-36H2,1-3H3,(H,47,49)(H,48,51). The summed E-state index contributed by atoms with van der Waals surface area (Å²) in [5, 5.41) is 9.71. The molecule has 0 atom stereocenters. The molecule has 0 aliphatic heterocycles. The molecule has 0 fully saturated rings. The van der Waals surface area contributed by atoms with Crippen molar-refractivity contribution in [3.63, 3.8) is 0 Å². The van der Waals surface area contributed by atoms with E-state index in [9.17, 15) is 14.4 Å². The van der Waals surface area contributed by atoms with Gasteiger partial charge in [-0.05, 0) is 120 Å². The second-order valence-electron chi connectivity index (χ2n) is 12.6. The molecule has 0 bridgehead atoms. The molecule has 8 heteroatoms. The van der Waals surface area contributed by atoms with Crippen molar-refractivity contribution in [3.05, 3.63) is 138 Å². The SMILES string of the molecule is CCC=CCC=CCC=CCC=CCC=CCC=CCCC(=O)NCCCNCCNC(=O)C(C)(C)Oc1ccc(C(=O)c2ccc(Cl)cc2)cc1. The number of ketones is 1. The maximum Gasteiger partial charge on any atom is 0.263 e. The van der Waals surface area contributed by atoms with Crippen molar-refractivity contribution in [1.29, 1.82) is 0 Å². The van der Waals surface area contributed by atoms with Crippen LogP contribution in [0.25, 0.3) is 0 Å². The van der Waals surface area contributed by atoms with E-state index in [0.29, 0.717) is 48.0 Å². The number of hydrogen-bond donors (Lipinski definition) is 3. The minimum atomic E-state index is -1.10. The maximum atomic E-state index is 12.7. The summed E-state index contributed by atoms with van der Waals surface area (Å²) >= 11 is 5.91. The van der Waals surface area contributed by atoms with Gasteiger partial charge in [0.2, 0.25) is 5.91 Å². The highest BCUT2D eigenvalue weighted by Crippen LogP contribution is 2.21. The second kappa shape index (κ2) is 27.2. The summed E-state index contributed by atoms with van der Waals surface area (Å²) in [6.07, 6.45) is 33.9. The fraction of sp³-hybridized carbons (Fsp3) is 0.386. The smallest absolute Gasteiger partial charge is 0.263 e. The van der Waals surface area contributed by atoms with E-state index in [1.165, 1.54) is 0 Å². The van der Waals surface area contributed by atoms with Crippen LogP contribution in [0.3, 0.4) is 0 Å². The van der Waals surface area contributed by atoms with E-state index in [1.54, 1.807) is 62.4 Å². The molecule has 0 aromatic heterocycles. The summed E-state index contributed by atoms with van der Waals surface area (Å²) in [6, 6.07) is 13.5. The number of amides is 2. The van der Waals surface area contributed by atoms with Gasteiger partial charge in [0.05, 0.1) is 0 Å². The first-order chi connectivity index (χ1) is 25.2. The van der Waals surface area contributed by atoms with Gasteiger partial charge in [-0.3, -0.25) is 14.4 Å². The molecule has 0 aliphatic rings. The van der Waals surface area contributed by atoms with Crippen molar-refractivity contribution < 1.29 is 19.1 Å². The lowest BCUT2D eigenvalue weighted by Gasteiger charge is -2.25. The second-order valence-corrected chi connectivity index (χ2v) is 13.1. The van der Waals surface area contributed by atoms with Gasteiger partial charge >= 0.3 is 0 Å². The third kappa shape index (κ3) is 20.4.